The predicted octanol–water partition coefficient (Wildman–Crippen LogP) is 3.15. The summed E-state index contributed by atoms with van der Waals surface area (Å²) < 4.78 is 10.4. The number of benzene rings is 1. The van der Waals surface area contributed by atoms with E-state index in [0.717, 1.165) is 0 Å². The van der Waals surface area contributed by atoms with E-state index in [2.05, 4.69) is 49.5 Å². The van der Waals surface area contributed by atoms with Crippen molar-refractivity contribution in [1.29, 1.82) is 0 Å². The molecule has 0 radical (unpaired) electrons. The van der Waals surface area contributed by atoms with Gasteiger partial charge in [-0.15, -0.1) is 0 Å². The van der Waals surface area contributed by atoms with E-state index in [1.165, 1.54) is 12.3 Å². The van der Waals surface area contributed by atoms with E-state index in [1.54, 1.807) is 0 Å². The summed E-state index contributed by atoms with van der Waals surface area (Å²) in [5, 5.41) is 1.37. The predicted molar refractivity (Wildman–Crippen MR) is 104 cm³/mol. The molecule has 0 amide bonds. The first-order valence-electron chi connectivity index (χ1n) is 9.40. The van der Waals surface area contributed by atoms with Gasteiger partial charge in [0.25, 0.3) is 0 Å². The van der Waals surface area contributed by atoms with E-state index in [1.807, 2.05) is 13.0 Å². The summed E-state index contributed by atoms with van der Waals surface area (Å²) in [7, 11) is -0.440. The number of carbonyl (C=O) groups is 2. The number of allylic oxidation sites excluding steroid dienone is 2. The number of carbonyl (C=O) groups excluding carboxylic acids is 2. The zero-order valence-electron chi connectivity index (χ0n) is 16.0. The summed E-state index contributed by atoms with van der Waals surface area (Å²) in [6.45, 7) is 6.91. The molecule has 1 saturated carbocycles. The molecule has 5 heteroatoms. The number of methoxy groups -OCH3 is 1. The molecule has 1 fully saturated rings. The summed E-state index contributed by atoms with van der Waals surface area (Å²) in [6, 6.07) is 10.6. The Morgan fingerprint density at radius 3 is 2.38 bits per heavy atom. The highest BCUT2D eigenvalue weighted by Crippen LogP contribution is 2.56. The molecule has 4 nitrogen and oxygen atoms in total. The lowest BCUT2D eigenvalue weighted by Crippen LogP contribution is -2.48. The zero-order valence-corrected chi connectivity index (χ0v) is 17.0. The third-order valence-corrected chi connectivity index (χ3v) is 10.3. The third kappa shape index (κ3) is 3.13. The average molecular weight is 373 g/mol. The van der Waals surface area contributed by atoms with Crippen LogP contribution in [0.25, 0.3) is 0 Å². The lowest BCUT2D eigenvalue weighted by Gasteiger charge is -2.36. The molecule has 5 atom stereocenters. The van der Waals surface area contributed by atoms with Gasteiger partial charge in [0.2, 0.25) is 0 Å². The van der Waals surface area contributed by atoms with E-state index >= 15 is 0 Å². The highest BCUT2D eigenvalue weighted by Gasteiger charge is 2.57. The molecular formula is C21H28O4Si. The van der Waals surface area contributed by atoms with Gasteiger partial charge in [0.1, 0.15) is 0 Å². The van der Waals surface area contributed by atoms with E-state index in [9.17, 15) is 9.59 Å². The molecule has 3 unspecified atom stereocenters. The molecular weight excluding hydrogens is 344 g/mol. The monoisotopic (exact) mass is 372 g/mol. The van der Waals surface area contributed by atoms with Gasteiger partial charge in [-0.25, -0.2) is 0 Å². The summed E-state index contributed by atoms with van der Waals surface area (Å²) in [4.78, 5) is 25.0. The first kappa shape index (κ1) is 18.9. The Hall–Kier alpha value is -1.88. The van der Waals surface area contributed by atoms with Crippen molar-refractivity contribution in [3.05, 3.63) is 42.5 Å². The van der Waals surface area contributed by atoms with Crippen LogP contribution in [0.2, 0.25) is 18.6 Å². The van der Waals surface area contributed by atoms with Crippen molar-refractivity contribution in [2.24, 2.45) is 23.7 Å². The second-order valence-electron chi connectivity index (χ2n) is 7.88. The maximum absolute atomic E-state index is 12.7. The smallest absolute Gasteiger partial charge is 0.309 e. The molecule has 0 N–H and O–H groups in total. The molecule has 0 aliphatic heterocycles. The Labute approximate surface area is 156 Å². The minimum Gasteiger partial charge on any atom is -0.469 e. The molecule has 0 spiro atoms. The number of hydrogen-bond acceptors (Lipinski definition) is 4. The maximum atomic E-state index is 12.7. The molecule has 2 aliphatic carbocycles. The van der Waals surface area contributed by atoms with Gasteiger partial charge in [-0.1, -0.05) is 60.8 Å². The standard InChI is InChI=1S/C21H28O4Si/c1-5-25-21(23)17-13-16(20(22)24-2)15-11-12-18(19(15)17)26(3,4)14-9-7-6-8-10-14/h6-12,15-19H,5,13H2,1-4H3/t15?,16?,17?,18-,19+/m0/s1. The van der Waals surface area contributed by atoms with Crippen LogP contribution in [0.15, 0.2) is 42.5 Å². The van der Waals surface area contributed by atoms with Crippen LogP contribution in [0.3, 0.4) is 0 Å². The molecule has 140 valence electrons. The number of fused-ring (bicyclic) bond motifs is 1. The van der Waals surface area contributed by atoms with E-state index in [0.29, 0.717) is 18.6 Å². The Morgan fingerprint density at radius 2 is 1.77 bits per heavy atom. The molecule has 0 saturated heterocycles. The summed E-state index contributed by atoms with van der Waals surface area (Å²) in [6.07, 6.45) is 4.95. The molecule has 1 aromatic carbocycles. The van der Waals surface area contributed by atoms with Gasteiger partial charge >= 0.3 is 11.9 Å². The van der Waals surface area contributed by atoms with Gasteiger partial charge in [0.05, 0.1) is 33.6 Å². The lowest BCUT2D eigenvalue weighted by molar-refractivity contribution is -0.149. The molecule has 0 bridgehead atoms. The summed E-state index contributed by atoms with van der Waals surface area (Å²) >= 11 is 0. The number of esters is 2. The first-order chi connectivity index (χ1) is 12.4. The van der Waals surface area contributed by atoms with Crippen LogP contribution < -0.4 is 5.19 Å². The van der Waals surface area contributed by atoms with E-state index in [-0.39, 0.29) is 35.6 Å². The van der Waals surface area contributed by atoms with Crippen LogP contribution >= 0.6 is 0 Å². The fourth-order valence-electron chi connectivity index (χ4n) is 4.94. The minimum atomic E-state index is -1.86. The minimum absolute atomic E-state index is 0.0670. The van der Waals surface area contributed by atoms with Crippen molar-refractivity contribution >= 4 is 25.2 Å². The Bertz CT molecular complexity index is 697. The number of hydrogen-bond donors (Lipinski definition) is 0. The molecule has 1 aromatic rings. The molecule has 3 rings (SSSR count). The Kier molecular flexibility index (Phi) is 5.37. The molecule has 0 aromatic heterocycles. The topological polar surface area (TPSA) is 52.6 Å². The average Bonchev–Trinajstić information content (AvgIpc) is 3.22. The van der Waals surface area contributed by atoms with Crippen LogP contribution in [0.5, 0.6) is 0 Å². The van der Waals surface area contributed by atoms with Gasteiger partial charge in [0, 0.05) is 0 Å². The van der Waals surface area contributed by atoms with Crippen molar-refractivity contribution < 1.29 is 19.1 Å². The summed E-state index contributed by atoms with van der Waals surface area (Å²) in [5.74, 6) is -0.671. The Balaban J connectivity index is 1.95. The van der Waals surface area contributed by atoms with Crippen LogP contribution in [-0.2, 0) is 19.1 Å². The van der Waals surface area contributed by atoms with Gasteiger partial charge in [-0.2, -0.15) is 0 Å². The van der Waals surface area contributed by atoms with Gasteiger partial charge < -0.3 is 9.47 Å². The van der Waals surface area contributed by atoms with E-state index < -0.39 is 8.07 Å². The SMILES string of the molecule is CCOC(=O)C1CC(C(=O)OC)C2C=C[C@H]([Si](C)(C)c3ccccc3)[C@@H]12. The molecule has 2 aliphatic rings. The number of rotatable bonds is 5. The van der Waals surface area contributed by atoms with Crippen molar-refractivity contribution in [1.82, 2.24) is 0 Å². The largest absolute Gasteiger partial charge is 0.469 e. The van der Waals surface area contributed by atoms with Crippen molar-refractivity contribution in [3.63, 3.8) is 0 Å². The van der Waals surface area contributed by atoms with Crippen LogP contribution in [-0.4, -0.2) is 33.7 Å². The lowest BCUT2D eigenvalue weighted by atomic mass is 9.89. The van der Waals surface area contributed by atoms with Crippen molar-refractivity contribution in [2.75, 3.05) is 13.7 Å². The summed E-state index contributed by atoms with van der Waals surface area (Å²) in [5.41, 5.74) is 0.305. The molecule has 0 heterocycles. The van der Waals surface area contributed by atoms with Crippen LogP contribution in [0.4, 0.5) is 0 Å². The first-order valence-corrected chi connectivity index (χ1v) is 12.5. The van der Waals surface area contributed by atoms with Crippen molar-refractivity contribution in [3.8, 4) is 0 Å². The third-order valence-electron chi connectivity index (χ3n) is 6.28. The Morgan fingerprint density at radius 1 is 1.08 bits per heavy atom. The second-order valence-corrected chi connectivity index (χ2v) is 12.6. The number of ether oxygens (including phenoxy) is 2. The normalized spacial score (nSPS) is 30.1. The van der Waals surface area contributed by atoms with Crippen LogP contribution in [0, 0.1) is 23.7 Å². The quantitative estimate of drug-likeness (QED) is 0.453. The van der Waals surface area contributed by atoms with Crippen molar-refractivity contribution in [2.45, 2.75) is 32.0 Å². The zero-order chi connectivity index (χ0) is 18.9. The van der Waals surface area contributed by atoms with Gasteiger partial charge in [-0.05, 0) is 30.7 Å². The van der Waals surface area contributed by atoms with Gasteiger partial charge in [0.15, 0.2) is 0 Å². The highest BCUT2D eigenvalue weighted by molar-refractivity contribution is 6.91. The maximum Gasteiger partial charge on any atom is 0.309 e. The fourth-order valence-corrected chi connectivity index (χ4v) is 8.39. The van der Waals surface area contributed by atoms with Crippen LogP contribution in [0.1, 0.15) is 13.3 Å². The highest BCUT2D eigenvalue weighted by atomic mass is 28.3. The van der Waals surface area contributed by atoms with E-state index in [4.69, 9.17) is 9.47 Å². The molecule has 26 heavy (non-hydrogen) atoms. The fraction of sp³-hybridized carbons (Fsp3) is 0.524. The van der Waals surface area contributed by atoms with Gasteiger partial charge in [-0.3, -0.25) is 9.59 Å². The second kappa shape index (κ2) is 7.39.